The SMILES string of the molecule is [2H][2H].[CH2]C(COC)OC(C)=O. The molecule has 0 aliphatic rings. The molecule has 1 unspecified atom stereocenters. The van der Waals surface area contributed by atoms with Crippen LogP contribution in [-0.2, 0) is 14.3 Å². The Hall–Kier alpha value is -0.570. The van der Waals surface area contributed by atoms with Crippen molar-refractivity contribution in [2.75, 3.05) is 13.7 Å². The molecule has 9 heavy (non-hydrogen) atoms. The highest BCUT2D eigenvalue weighted by Crippen LogP contribution is 1.89. The van der Waals surface area contributed by atoms with Gasteiger partial charge in [-0.15, -0.1) is 0 Å². The minimum Gasteiger partial charge on any atom is -0.460 e. The fourth-order valence-corrected chi connectivity index (χ4v) is 0.455. The fraction of sp³-hybridized carbons (Fsp3) is 0.667. The van der Waals surface area contributed by atoms with Gasteiger partial charge in [-0.2, -0.15) is 0 Å². The summed E-state index contributed by atoms with van der Waals surface area (Å²) in [4.78, 5) is 10.2. The van der Waals surface area contributed by atoms with Crippen molar-refractivity contribution in [2.24, 2.45) is 0 Å². The van der Waals surface area contributed by atoms with Crippen LogP contribution in [0, 0.1) is 6.92 Å². The Morgan fingerprint density at radius 1 is 2.00 bits per heavy atom. The van der Waals surface area contributed by atoms with E-state index in [0.717, 1.165) is 0 Å². The zero-order chi connectivity index (χ0) is 9.28. The van der Waals surface area contributed by atoms with Crippen LogP contribution in [-0.4, -0.2) is 25.8 Å². The maximum atomic E-state index is 10.2. The Balaban J connectivity index is 0. The van der Waals surface area contributed by atoms with Crippen molar-refractivity contribution >= 4 is 5.97 Å². The summed E-state index contributed by atoms with van der Waals surface area (Å²) in [5, 5.41) is 0. The van der Waals surface area contributed by atoms with Gasteiger partial charge in [0.1, 0.15) is 6.10 Å². The summed E-state index contributed by atoms with van der Waals surface area (Å²) in [6.45, 7) is 5.19. The van der Waals surface area contributed by atoms with E-state index in [-0.39, 0.29) is 12.1 Å². The Morgan fingerprint density at radius 2 is 2.56 bits per heavy atom. The third kappa shape index (κ3) is 5.30. The standard InChI is InChI=1S/C6H11O3.H2/c1-5(4-8-3)9-6(2)7;/h5H,1,4H2,2-3H3;1H/i;1+1D. The minimum absolute atomic E-state index is 0.327. The van der Waals surface area contributed by atoms with E-state index in [2.05, 4.69) is 16.4 Å². The van der Waals surface area contributed by atoms with Gasteiger partial charge in [0.05, 0.1) is 6.61 Å². The second-order valence-corrected chi connectivity index (χ2v) is 1.69. The van der Waals surface area contributed by atoms with Crippen LogP contribution in [0.2, 0.25) is 0 Å². The lowest BCUT2D eigenvalue weighted by Crippen LogP contribution is -2.17. The zero-order valence-electron chi connectivity index (χ0n) is 7.72. The van der Waals surface area contributed by atoms with E-state index in [9.17, 15) is 4.79 Å². The van der Waals surface area contributed by atoms with E-state index >= 15 is 0 Å². The molecule has 1 radical (unpaired) electrons. The third-order valence-corrected chi connectivity index (χ3v) is 0.685. The number of esters is 1. The fourth-order valence-electron chi connectivity index (χ4n) is 0.455. The normalized spacial score (nSPS) is 13.7. The van der Waals surface area contributed by atoms with Crippen molar-refractivity contribution in [2.45, 2.75) is 13.0 Å². The van der Waals surface area contributed by atoms with E-state index in [1.807, 2.05) is 0 Å². The Morgan fingerprint density at radius 3 is 2.89 bits per heavy atom. The Bertz CT molecular complexity index is 97.8. The average molecular weight is 135 g/mol. The van der Waals surface area contributed by atoms with Crippen molar-refractivity contribution in [3.8, 4) is 0 Å². The molecule has 0 saturated heterocycles. The molecule has 0 aliphatic carbocycles. The predicted octanol–water partition coefficient (Wildman–Crippen LogP) is 0.645. The van der Waals surface area contributed by atoms with Crippen LogP contribution in [0.15, 0.2) is 0 Å². The van der Waals surface area contributed by atoms with Gasteiger partial charge in [0.25, 0.3) is 0 Å². The van der Waals surface area contributed by atoms with Crippen LogP contribution in [0.1, 0.15) is 9.89 Å². The third-order valence-electron chi connectivity index (χ3n) is 0.685. The lowest BCUT2D eigenvalue weighted by atomic mass is 10.4. The molecule has 0 spiro atoms. The predicted molar refractivity (Wildman–Crippen MR) is 34.9 cm³/mol. The number of methoxy groups -OCH3 is 1. The molecule has 0 N–H and O–H groups in total. The van der Waals surface area contributed by atoms with Crippen molar-refractivity contribution in [1.82, 2.24) is 0 Å². The molecule has 3 heteroatoms. The molecule has 55 valence electrons. The van der Waals surface area contributed by atoms with Crippen molar-refractivity contribution in [3.63, 3.8) is 0 Å². The van der Waals surface area contributed by atoms with Crippen molar-refractivity contribution < 1.29 is 17.2 Å². The number of rotatable bonds is 3. The second kappa shape index (κ2) is 4.32. The molecule has 1 atom stereocenters. The number of hydrogen-bond acceptors (Lipinski definition) is 3. The van der Waals surface area contributed by atoms with Gasteiger partial charge in [0.2, 0.25) is 0 Å². The van der Waals surface area contributed by atoms with E-state index in [1.165, 1.54) is 14.0 Å². The molecule has 0 aromatic heterocycles. The van der Waals surface area contributed by atoms with Gasteiger partial charge >= 0.3 is 5.97 Å². The maximum Gasteiger partial charge on any atom is 0.302 e. The van der Waals surface area contributed by atoms with E-state index in [4.69, 9.17) is 2.97 Å². The number of hydrogen-bond donors (Lipinski definition) is 0. The molecule has 0 heterocycles. The summed E-state index contributed by atoms with van der Waals surface area (Å²) < 4.78 is 19.3. The van der Waals surface area contributed by atoms with Gasteiger partial charge in [-0.05, 0) is 6.92 Å². The van der Waals surface area contributed by atoms with Crippen LogP contribution in [0.5, 0.6) is 0 Å². The summed E-state index contributed by atoms with van der Waals surface area (Å²) in [6.07, 6.45) is -0.382. The highest BCUT2D eigenvalue weighted by Gasteiger charge is 2.02. The molecule has 0 saturated carbocycles. The van der Waals surface area contributed by atoms with E-state index in [0.29, 0.717) is 6.61 Å². The van der Waals surface area contributed by atoms with Crippen molar-refractivity contribution in [3.05, 3.63) is 6.92 Å². The smallest absolute Gasteiger partial charge is 0.302 e. The minimum atomic E-state index is -0.382. The monoisotopic (exact) mass is 135 g/mol. The lowest BCUT2D eigenvalue weighted by Gasteiger charge is -2.08. The van der Waals surface area contributed by atoms with Gasteiger partial charge in [-0.3, -0.25) is 4.79 Å². The first-order chi connectivity index (χ1) is 5.16. The second-order valence-electron chi connectivity index (χ2n) is 1.69. The highest BCUT2D eigenvalue weighted by atomic mass is 16.6. The van der Waals surface area contributed by atoms with Crippen LogP contribution in [0.3, 0.4) is 0 Å². The first-order valence-corrected chi connectivity index (χ1v) is 2.66. The molecule has 3 nitrogen and oxygen atoms in total. The maximum absolute atomic E-state index is 10.2. The zero-order valence-corrected chi connectivity index (χ0v) is 5.72. The van der Waals surface area contributed by atoms with Crippen molar-refractivity contribution in [1.29, 1.82) is 0 Å². The molecular formula is C6H13O3. The van der Waals surface area contributed by atoms with Gasteiger partial charge < -0.3 is 9.47 Å². The van der Waals surface area contributed by atoms with Gasteiger partial charge in [-0.1, -0.05) is 0 Å². The molecule has 0 fully saturated rings. The van der Waals surface area contributed by atoms with Crippen LogP contribution in [0.4, 0.5) is 0 Å². The van der Waals surface area contributed by atoms with Gasteiger partial charge in [-0.25, -0.2) is 0 Å². The Labute approximate surface area is 58.0 Å². The molecule has 0 aromatic rings. The summed E-state index contributed by atoms with van der Waals surface area (Å²) in [5.41, 5.74) is 0. The number of carbonyl (C=O) groups excluding carboxylic acids is 1. The quantitative estimate of drug-likeness (QED) is 0.533. The van der Waals surface area contributed by atoms with Crippen LogP contribution in [0.25, 0.3) is 0 Å². The van der Waals surface area contributed by atoms with Gasteiger partial charge in [0, 0.05) is 17.0 Å². The highest BCUT2D eigenvalue weighted by molar-refractivity contribution is 5.66. The topological polar surface area (TPSA) is 35.5 Å². The number of carbonyl (C=O) groups is 1. The molecule has 0 aliphatic heterocycles. The summed E-state index contributed by atoms with van der Waals surface area (Å²) in [6, 6.07) is 0. The molecular weight excluding hydrogens is 120 g/mol. The van der Waals surface area contributed by atoms with Gasteiger partial charge in [0.15, 0.2) is 0 Å². The largest absolute Gasteiger partial charge is 0.460 e. The molecule has 0 aromatic carbocycles. The summed E-state index contributed by atoms with van der Waals surface area (Å²) in [7, 11) is 1.53. The number of ether oxygens (including phenoxy) is 2. The summed E-state index contributed by atoms with van der Waals surface area (Å²) >= 11 is 0. The summed E-state index contributed by atoms with van der Waals surface area (Å²) in [5.74, 6) is -0.327. The molecule has 0 bridgehead atoms. The molecule has 0 rings (SSSR count). The average Bonchev–Trinajstić information content (AvgIpc) is 1.91. The van der Waals surface area contributed by atoms with Crippen LogP contribution < -0.4 is 0 Å². The first-order valence-electron chi connectivity index (χ1n) is 3.66. The first kappa shape index (κ1) is 6.55. The lowest BCUT2D eigenvalue weighted by molar-refractivity contribution is -0.146. The van der Waals surface area contributed by atoms with Crippen LogP contribution >= 0.6 is 0 Å². The van der Waals surface area contributed by atoms with E-state index < -0.39 is 0 Å². The Kier molecular flexibility index (Phi) is 3.15. The molecule has 0 amide bonds. The van der Waals surface area contributed by atoms with E-state index in [1.54, 1.807) is 0 Å².